The lowest BCUT2D eigenvalue weighted by molar-refractivity contribution is 0.0956. The van der Waals surface area contributed by atoms with E-state index in [0.717, 1.165) is 11.3 Å². The number of halogens is 1. The highest BCUT2D eigenvalue weighted by atomic mass is 35.5. The highest BCUT2D eigenvalue weighted by Gasteiger charge is 2.35. The number of imidazole rings is 1. The van der Waals surface area contributed by atoms with E-state index in [1.165, 1.54) is 0 Å². The summed E-state index contributed by atoms with van der Waals surface area (Å²) in [4.78, 5) is 16.2. The Hall–Kier alpha value is -1.81. The Bertz CT molecular complexity index is 631. The van der Waals surface area contributed by atoms with Gasteiger partial charge >= 0.3 is 0 Å². The Balaban J connectivity index is 2.10. The van der Waals surface area contributed by atoms with Crippen molar-refractivity contribution in [2.45, 2.75) is 25.9 Å². The molecule has 0 aliphatic carbocycles. The number of nitrogens with one attached hydrogen (secondary N) is 1. The van der Waals surface area contributed by atoms with Gasteiger partial charge < -0.3 is 9.88 Å². The zero-order valence-corrected chi connectivity index (χ0v) is 11.5. The van der Waals surface area contributed by atoms with Crippen molar-refractivity contribution in [3.63, 3.8) is 0 Å². The number of nitrogens with zero attached hydrogens (tertiary/aromatic N) is 2. The Labute approximate surface area is 116 Å². The number of carbonyl (C=O) groups is 1. The summed E-state index contributed by atoms with van der Waals surface area (Å²) >= 11 is 5.90. The first-order valence-corrected chi connectivity index (χ1v) is 6.58. The van der Waals surface area contributed by atoms with Crippen molar-refractivity contribution in [2.24, 2.45) is 0 Å². The molecular weight excluding hydrogens is 262 g/mol. The molecule has 0 bridgehead atoms. The molecule has 1 aromatic heterocycles. The third-order valence-corrected chi connectivity index (χ3v) is 3.61. The van der Waals surface area contributed by atoms with Crippen LogP contribution in [0.4, 0.5) is 0 Å². The molecule has 2 heterocycles. The van der Waals surface area contributed by atoms with Gasteiger partial charge in [0, 0.05) is 11.1 Å². The number of carbonyl (C=O) groups excluding carboxylic acids is 1. The summed E-state index contributed by atoms with van der Waals surface area (Å²) in [6, 6.07) is 7.64. The molecule has 0 saturated heterocycles. The minimum Gasteiger partial charge on any atom is -0.338 e. The maximum Gasteiger partial charge on any atom is 0.272 e. The standard InChI is InChI=1S/C14H14ClN3O/c1-8(2)18-7-16-12-13(18)11(17-14(12)19)9-3-5-10(15)6-4-9/h3-8,11H,1-2H3,(H,17,19). The maximum absolute atomic E-state index is 11.9. The normalized spacial score (nSPS) is 17.7. The van der Waals surface area contributed by atoms with Crippen molar-refractivity contribution in [3.05, 3.63) is 52.6 Å². The van der Waals surface area contributed by atoms with E-state index in [1.54, 1.807) is 6.33 Å². The zero-order chi connectivity index (χ0) is 13.6. The molecule has 1 amide bonds. The lowest BCUT2D eigenvalue weighted by Gasteiger charge is -2.17. The van der Waals surface area contributed by atoms with Gasteiger partial charge in [0.15, 0.2) is 5.69 Å². The number of rotatable bonds is 2. The van der Waals surface area contributed by atoms with Crippen molar-refractivity contribution < 1.29 is 4.79 Å². The molecule has 1 aliphatic heterocycles. The van der Waals surface area contributed by atoms with Gasteiger partial charge in [-0.1, -0.05) is 23.7 Å². The maximum atomic E-state index is 11.9. The number of benzene rings is 1. The second-order valence-corrected chi connectivity index (χ2v) is 5.37. The predicted molar refractivity (Wildman–Crippen MR) is 73.4 cm³/mol. The molecule has 0 radical (unpaired) electrons. The summed E-state index contributed by atoms with van der Waals surface area (Å²) in [5, 5.41) is 3.65. The first-order chi connectivity index (χ1) is 9.08. The van der Waals surface area contributed by atoms with Gasteiger partial charge in [-0.25, -0.2) is 4.98 Å². The number of fused-ring (bicyclic) bond motifs is 1. The van der Waals surface area contributed by atoms with Crippen LogP contribution in [-0.2, 0) is 0 Å². The number of aromatic nitrogens is 2. The van der Waals surface area contributed by atoms with Crippen molar-refractivity contribution in [1.82, 2.24) is 14.9 Å². The summed E-state index contributed by atoms with van der Waals surface area (Å²) in [6.07, 6.45) is 1.73. The van der Waals surface area contributed by atoms with E-state index >= 15 is 0 Å². The molecule has 0 saturated carbocycles. The molecule has 2 aromatic rings. The summed E-state index contributed by atoms with van der Waals surface area (Å²) in [7, 11) is 0. The van der Waals surface area contributed by atoms with Crippen molar-refractivity contribution >= 4 is 17.5 Å². The van der Waals surface area contributed by atoms with Gasteiger partial charge in [0.05, 0.1) is 18.1 Å². The third-order valence-electron chi connectivity index (χ3n) is 3.36. The van der Waals surface area contributed by atoms with E-state index in [4.69, 9.17) is 11.6 Å². The Morgan fingerprint density at radius 3 is 2.63 bits per heavy atom. The van der Waals surface area contributed by atoms with E-state index < -0.39 is 0 Å². The lowest BCUT2D eigenvalue weighted by Crippen LogP contribution is -2.22. The fraction of sp³-hybridized carbons (Fsp3) is 0.286. The van der Waals surface area contributed by atoms with Crippen LogP contribution in [0, 0.1) is 0 Å². The molecule has 3 rings (SSSR count). The molecule has 98 valence electrons. The summed E-state index contributed by atoms with van der Waals surface area (Å²) in [5.74, 6) is -0.116. The largest absolute Gasteiger partial charge is 0.338 e. The van der Waals surface area contributed by atoms with Crippen LogP contribution in [0.1, 0.15) is 47.7 Å². The molecule has 1 unspecified atom stereocenters. The summed E-state index contributed by atoms with van der Waals surface area (Å²) in [6.45, 7) is 4.15. The average Bonchev–Trinajstić information content (AvgIpc) is 2.92. The van der Waals surface area contributed by atoms with E-state index in [-0.39, 0.29) is 18.0 Å². The second-order valence-electron chi connectivity index (χ2n) is 4.94. The molecule has 1 aromatic carbocycles. The average molecular weight is 276 g/mol. The van der Waals surface area contributed by atoms with Crippen LogP contribution in [0.2, 0.25) is 5.02 Å². The molecule has 19 heavy (non-hydrogen) atoms. The Kier molecular flexibility index (Phi) is 2.82. The molecule has 0 fully saturated rings. The Morgan fingerprint density at radius 2 is 2.00 bits per heavy atom. The molecule has 4 nitrogen and oxygen atoms in total. The topological polar surface area (TPSA) is 46.9 Å². The van der Waals surface area contributed by atoms with Crippen LogP contribution in [0.3, 0.4) is 0 Å². The van der Waals surface area contributed by atoms with Crippen LogP contribution >= 0.6 is 11.6 Å². The van der Waals surface area contributed by atoms with Crippen LogP contribution in [-0.4, -0.2) is 15.5 Å². The van der Waals surface area contributed by atoms with Crippen molar-refractivity contribution in [3.8, 4) is 0 Å². The Morgan fingerprint density at radius 1 is 1.32 bits per heavy atom. The lowest BCUT2D eigenvalue weighted by atomic mass is 10.0. The monoisotopic (exact) mass is 275 g/mol. The van der Waals surface area contributed by atoms with Crippen molar-refractivity contribution in [2.75, 3.05) is 0 Å². The first-order valence-electron chi connectivity index (χ1n) is 6.21. The van der Waals surface area contributed by atoms with Crippen molar-refractivity contribution in [1.29, 1.82) is 0 Å². The minimum absolute atomic E-state index is 0.116. The van der Waals surface area contributed by atoms with Crippen LogP contribution in [0.25, 0.3) is 0 Å². The van der Waals surface area contributed by atoms with Crippen LogP contribution < -0.4 is 5.32 Å². The van der Waals surface area contributed by atoms with E-state index in [9.17, 15) is 4.79 Å². The van der Waals surface area contributed by atoms with Gasteiger partial charge in [-0.3, -0.25) is 4.79 Å². The van der Waals surface area contributed by atoms with Crippen LogP contribution in [0.5, 0.6) is 0 Å². The van der Waals surface area contributed by atoms with Gasteiger partial charge in [0.1, 0.15) is 0 Å². The van der Waals surface area contributed by atoms with E-state index in [1.807, 2.05) is 28.8 Å². The quantitative estimate of drug-likeness (QED) is 0.916. The molecule has 1 aliphatic rings. The fourth-order valence-corrected chi connectivity index (χ4v) is 2.53. The number of hydrogen-bond acceptors (Lipinski definition) is 2. The smallest absolute Gasteiger partial charge is 0.272 e. The first kappa shape index (κ1) is 12.2. The van der Waals surface area contributed by atoms with Gasteiger partial charge in [0.2, 0.25) is 0 Å². The molecule has 0 spiro atoms. The summed E-state index contributed by atoms with van der Waals surface area (Å²) in [5.41, 5.74) is 2.47. The van der Waals surface area contributed by atoms with E-state index in [2.05, 4.69) is 24.1 Å². The molecular formula is C14H14ClN3O. The zero-order valence-electron chi connectivity index (χ0n) is 10.7. The number of hydrogen-bond donors (Lipinski definition) is 1. The van der Waals surface area contributed by atoms with Gasteiger partial charge in [-0.2, -0.15) is 0 Å². The second kappa shape index (κ2) is 4.38. The summed E-state index contributed by atoms with van der Waals surface area (Å²) < 4.78 is 2.03. The fourth-order valence-electron chi connectivity index (χ4n) is 2.41. The van der Waals surface area contributed by atoms with Gasteiger partial charge in [0.25, 0.3) is 5.91 Å². The highest BCUT2D eigenvalue weighted by molar-refractivity contribution is 6.30. The highest BCUT2D eigenvalue weighted by Crippen LogP contribution is 2.32. The minimum atomic E-state index is -0.148. The SMILES string of the molecule is CC(C)n1cnc2c1C(c1ccc(Cl)cc1)NC2=O. The third kappa shape index (κ3) is 1.92. The predicted octanol–water partition coefficient (Wildman–Crippen LogP) is 2.95. The van der Waals surface area contributed by atoms with Crippen LogP contribution in [0.15, 0.2) is 30.6 Å². The van der Waals surface area contributed by atoms with Gasteiger partial charge in [-0.15, -0.1) is 0 Å². The van der Waals surface area contributed by atoms with E-state index in [0.29, 0.717) is 10.7 Å². The molecule has 5 heteroatoms. The molecule has 1 atom stereocenters. The molecule has 1 N–H and O–H groups in total. The van der Waals surface area contributed by atoms with Gasteiger partial charge in [-0.05, 0) is 31.5 Å². The number of amides is 1.